The summed E-state index contributed by atoms with van der Waals surface area (Å²) in [5.41, 5.74) is 2.13. The summed E-state index contributed by atoms with van der Waals surface area (Å²) in [6.07, 6.45) is 0. The maximum Gasteiger partial charge on any atom is 0.260 e. The number of aromatic amines is 1. The Bertz CT molecular complexity index is 1360. The maximum atomic E-state index is 12.6. The molecule has 1 N–H and O–H groups in total. The van der Waals surface area contributed by atoms with Crippen LogP contribution in [0.3, 0.4) is 0 Å². The minimum atomic E-state index is -0.186. The number of ether oxygens (including phenoxy) is 2. The Hall–Kier alpha value is -2.25. The lowest BCUT2D eigenvalue weighted by atomic mass is 10.1. The molecule has 4 rings (SSSR count). The van der Waals surface area contributed by atoms with Crippen molar-refractivity contribution in [3.8, 4) is 22.9 Å². The predicted molar refractivity (Wildman–Crippen MR) is 128 cm³/mol. The van der Waals surface area contributed by atoms with Crippen LogP contribution in [0.15, 0.2) is 35.1 Å². The van der Waals surface area contributed by atoms with Crippen LogP contribution in [0.5, 0.6) is 11.5 Å². The molecule has 4 aromatic rings. The first-order valence-electron chi connectivity index (χ1n) is 9.23. The second-order valence-electron chi connectivity index (χ2n) is 6.89. The third-order valence-corrected chi connectivity index (χ3v) is 6.90. The number of nitrogens with zero attached hydrogens (tertiary/aromatic N) is 1. The number of H-pyrrole nitrogens is 1. The van der Waals surface area contributed by atoms with Gasteiger partial charge >= 0.3 is 0 Å². The smallest absolute Gasteiger partial charge is 0.260 e. The van der Waals surface area contributed by atoms with Crippen LogP contribution in [0.25, 0.3) is 21.6 Å². The standard InChI is InChI=1S/C22H17Cl3N2O3S/c1-10-11(2)31-22-18(10)21(28)26-20(27-22)13-6-16(25)19(17(7-13)29-3)30-9-12-4-5-14(23)8-15(12)24/h4-8H,9H2,1-3H3,(H,26,27,28). The fraction of sp³-hybridized carbons (Fsp3) is 0.182. The summed E-state index contributed by atoms with van der Waals surface area (Å²) >= 11 is 20.2. The number of fused-ring (bicyclic) bond motifs is 1. The molecule has 160 valence electrons. The lowest BCUT2D eigenvalue weighted by Crippen LogP contribution is -2.09. The Morgan fingerprint density at radius 1 is 1.10 bits per heavy atom. The molecule has 2 heterocycles. The summed E-state index contributed by atoms with van der Waals surface area (Å²) in [4.78, 5) is 21.8. The molecule has 31 heavy (non-hydrogen) atoms. The molecule has 0 saturated heterocycles. The number of nitrogens with one attached hydrogen (secondary N) is 1. The lowest BCUT2D eigenvalue weighted by molar-refractivity contribution is 0.285. The van der Waals surface area contributed by atoms with Crippen LogP contribution in [-0.2, 0) is 6.61 Å². The van der Waals surface area contributed by atoms with Crippen LogP contribution in [-0.4, -0.2) is 17.1 Å². The highest BCUT2D eigenvalue weighted by atomic mass is 35.5. The number of hydrogen-bond acceptors (Lipinski definition) is 5. The molecule has 2 aromatic heterocycles. The fourth-order valence-corrected chi connectivity index (χ4v) is 4.93. The zero-order chi connectivity index (χ0) is 22.3. The molecule has 0 aliphatic rings. The summed E-state index contributed by atoms with van der Waals surface area (Å²) in [5, 5.41) is 1.98. The van der Waals surface area contributed by atoms with E-state index >= 15 is 0 Å². The van der Waals surface area contributed by atoms with Gasteiger partial charge < -0.3 is 14.5 Å². The molecule has 9 heteroatoms. The van der Waals surface area contributed by atoms with Crippen molar-refractivity contribution in [3.05, 3.63) is 71.8 Å². The van der Waals surface area contributed by atoms with Crippen molar-refractivity contribution in [2.75, 3.05) is 7.11 Å². The van der Waals surface area contributed by atoms with E-state index in [0.717, 1.165) is 16.0 Å². The second kappa shape index (κ2) is 8.71. The number of aryl methyl sites for hydroxylation is 2. The van der Waals surface area contributed by atoms with Gasteiger partial charge in [-0.3, -0.25) is 4.79 Å². The third-order valence-electron chi connectivity index (χ3n) is 4.93. The van der Waals surface area contributed by atoms with Gasteiger partial charge in [0, 0.05) is 26.0 Å². The maximum absolute atomic E-state index is 12.6. The van der Waals surface area contributed by atoms with Gasteiger partial charge in [0.2, 0.25) is 0 Å². The Kier molecular flexibility index (Phi) is 6.17. The molecular weight excluding hydrogens is 479 g/mol. The van der Waals surface area contributed by atoms with Crippen molar-refractivity contribution in [1.29, 1.82) is 0 Å². The van der Waals surface area contributed by atoms with Crippen molar-refractivity contribution in [1.82, 2.24) is 9.97 Å². The number of rotatable bonds is 5. The molecule has 0 amide bonds. The summed E-state index contributed by atoms with van der Waals surface area (Å²) in [6.45, 7) is 4.07. The van der Waals surface area contributed by atoms with Gasteiger partial charge in [0.25, 0.3) is 5.56 Å². The highest BCUT2D eigenvalue weighted by molar-refractivity contribution is 7.18. The van der Waals surface area contributed by atoms with Crippen LogP contribution in [0, 0.1) is 13.8 Å². The van der Waals surface area contributed by atoms with Gasteiger partial charge in [-0.15, -0.1) is 11.3 Å². The Morgan fingerprint density at radius 2 is 1.87 bits per heavy atom. The molecular formula is C22H17Cl3N2O3S. The van der Waals surface area contributed by atoms with Crippen LogP contribution in [0.2, 0.25) is 15.1 Å². The Labute approximate surface area is 197 Å². The molecule has 0 unspecified atom stereocenters. The number of methoxy groups -OCH3 is 1. The number of benzene rings is 2. The number of thiophene rings is 1. The summed E-state index contributed by atoms with van der Waals surface area (Å²) in [6, 6.07) is 8.58. The molecule has 0 saturated carbocycles. The highest BCUT2D eigenvalue weighted by Gasteiger charge is 2.17. The van der Waals surface area contributed by atoms with E-state index < -0.39 is 0 Å². The van der Waals surface area contributed by atoms with E-state index in [1.807, 2.05) is 13.8 Å². The summed E-state index contributed by atoms with van der Waals surface area (Å²) < 4.78 is 11.4. The number of hydrogen-bond donors (Lipinski definition) is 1. The molecule has 0 fully saturated rings. The average molecular weight is 496 g/mol. The molecule has 5 nitrogen and oxygen atoms in total. The Balaban J connectivity index is 1.71. The van der Waals surface area contributed by atoms with Crippen LogP contribution >= 0.6 is 46.1 Å². The zero-order valence-electron chi connectivity index (χ0n) is 16.8. The quantitative estimate of drug-likeness (QED) is 0.330. The van der Waals surface area contributed by atoms with Crippen LogP contribution < -0.4 is 15.0 Å². The monoisotopic (exact) mass is 494 g/mol. The van der Waals surface area contributed by atoms with E-state index in [-0.39, 0.29) is 12.2 Å². The molecule has 0 aliphatic carbocycles. The summed E-state index contributed by atoms with van der Waals surface area (Å²) in [7, 11) is 1.52. The van der Waals surface area contributed by atoms with Crippen molar-refractivity contribution < 1.29 is 9.47 Å². The normalized spacial score (nSPS) is 11.2. The average Bonchev–Trinajstić information content (AvgIpc) is 3.01. The first kappa shape index (κ1) is 22.0. The van der Waals surface area contributed by atoms with Gasteiger partial charge in [-0.25, -0.2) is 4.98 Å². The third kappa shape index (κ3) is 4.26. The molecule has 0 aliphatic heterocycles. The first-order chi connectivity index (χ1) is 14.8. The largest absolute Gasteiger partial charge is 0.493 e. The van der Waals surface area contributed by atoms with E-state index in [1.165, 1.54) is 18.4 Å². The van der Waals surface area contributed by atoms with Gasteiger partial charge in [0.15, 0.2) is 11.5 Å². The van der Waals surface area contributed by atoms with E-state index in [0.29, 0.717) is 48.2 Å². The van der Waals surface area contributed by atoms with E-state index in [9.17, 15) is 4.79 Å². The van der Waals surface area contributed by atoms with Gasteiger partial charge in [0.05, 0.1) is 17.5 Å². The zero-order valence-corrected chi connectivity index (χ0v) is 19.9. The topological polar surface area (TPSA) is 64.2 Å². The van der Waals surface area contributed by atoms with E-state index in [4.69, 9.17) is 44.3 Å². The van der Waals surface area contributed by atoms with E-state index in [1.54, 1.807) is 30.3 Å². The van der Waals surface area contributed by atoms with Crippen molar-refractivity contribution in [2.24, 2.45) is 0 Å². The SMILES string of the molecule is COc1cc(-c2nc3sc(C)c(C)c3c(=O)[nH]2)cc(Cl)c1OCc1ccc(Cl)cc1Cl. The number of halogens is 3. The van der Waals surface area contributed by atoms with Crippen LogP contribution in [0.1, 0.15) is 16.0 Å². The molecule has 0 radical (unpaired) electrons. The lowest BCUT2D eigenvalue weighted by Gasteiger charge is -2.15. The first-order valence-corrected chi connectivity index (χ1v) is 11.2. The van der Waals surface area contributed by atoms with Crippen LogP contribution in [0.4, 0.5) is 0 Å². The second-order valence-corrected chi connectivity index (χ2v) is 9.35. The van der Waals surface area contributed by atoms with Gasteiger partial charge in [-0.05, 0) is 43.7 Å². The van der Waals surface area contributed by atoms with Crippen molar-refractivity contribution >= 4 is 56.4 Å². The van der Waals surface area contributed by atoms with Gasteiger partial charge in [0.1, 0.15) is 17.3 Å². The predicted octanol–water partition coefficient (Wildman–Crippen LogP) is 6.82. The summed E-state index contributed by atoms with van der Waals surface area (Å²) in [5.74, 6) is 1.19. The highest BCUT2D eigenvalue weighted by Crippen LogP contribution is 2.40. The molecule has 0 bridgehead atoms. The fourth-order valence-electron chi connectivity index (χ4n) is 3.18. The minimum Gasteiger partial charge on any atom is -0.493 e. The molecule has 2 aromatic carbocycles. The van der Waals surface area contributed by atoms with Crippen molar-refractivity contribution in [2.45, 2.75) is 20.5 Å². The Morgan fingerprint density at radius 3 is 2.58 bits per heavy atom. The van der Waals surface area contributed by atoms with Gasteiger partial charge in [-0.1, -0.05) is 40.9 Å². The molecule has 0 spiro atoms. The molecule has 0 atom stereocenters. The van der Waals surface area contributed by atoms with Gasteiger partial charge in [-0.2, -0.15) is 0 Å². The van der Waals surface area contributed by atoms with E-state index in [2.05, 4.69) is 9.97 Å². The number of aromatic nitrogens is 2. The minimum absolute atomic E-state index is 0.181. The van der Waals surface area contributed by atoms with Crippen molar-refractivity contribution in [3.63, 3.8) is 0 Å².